The van der Waals surface area contributed by atoms with Crippen molar-refractivity contribution in [1.82, 2.24) is 5.32 Å². The van der Waals surface area contributed by atoms with Crippen molar-refractivity contribution < 1.29 is 19.1 Å². The second-order valence-electron chi connectivity index (χ2n) is 7.72. The van der Waals surface area contributed by atoms with Gasteiger partial charge in [-0.05, 0) is 36.8 Å². The van der Waals surface area contributed by atoms with Crippen molar-refractivity contribution in [2.75, 3.05) is 6.54 Å². The molecule has 0 heterocycles. The largest absolute Gasteiger partial charge is 0.460 e. The summed E-state index contributed by atoms with van der Waals surface area (Å²) in [6, 6.07) is 19.2. The van der Waals surface area contributed by atoms with Gasteiger partial charge in [0.1, 0.15) is 13.2 Å². The molecule has 2 aromatic carbocycles. The molecule has 1 N–H and O–H groups in total. The number of thiol groups is 1. The van der Waals surface area contributed by atoms with Crippen LogP contribution in [0.4, 0.5) is 4.79 Å². The second kappa shape index (κ2) is 11.1. The predicted molar refractivity (Wildman–Crippen MR) is 119 cm³/mol. The Morgan fingerprint density at radius 1 is 0.967 bits per heavy atom. The summed E-state index contributed by atoms with van der Waals surface area (Å²) >= 11 is 4.70. The van der Waals surface area contributed by atoms with Crippen LogP contribution >= 0.6 is 12.6 Å². The highest BCUT2D eigenvalue weighted by atomic mass is 32.1. The first-order valence-corrected chi connectivity index (χ1v) is 11.0. The maximum atomic E-state index is 13.0. The van der Waals surface area contributed by atoms with E-state index < -0.39 is 11.5 Å². The summed E-state index contributed by atoms with van der Waals surface area (Å²) < 4.78 is 10.9. The summed E-state index contributed by atoms with van der Waals surface area (Å²) in [5.41, 5.74) is 1.32. The minimum atomic E-state index is -0.590. The molecule has 0 aliphatic heterocycles. The molecular formula is C24H29NO4S. The molecule has 5 nitrogen and oxygen atoms in total. The number of hydrogen-bond acceptors (Lipinski definition) is 5. The van der Waals surface area contributed by atoms with E-state index in [1.54, 1.807) is 0 Å². The van der Waals surface area contributed by atoms with Crippen molar-refractivity contribution in [1.29, 1.82) is 0 Å². The van der Waals surface area contributed by atoms with Gasteiger partial charge in [-0.25, -0.2) is 4.79 Å². The van der Waals surface area contributed by atoms with Crippen LogP contribution in [-0.4, -0.2) is 23.9 Å². The quantitative estimate of drug-likeness (QED) is 0.339. The topological polar surface area (TPSA) is 64.6 Å². The number of alkyl carbamates (subject to hydrolysis) is 1. The smallest absolute Gasteiger partial charge is 0.407 e. The molecule has 2 atom stereocenters. The summed E-state index contributed by atoms with van der Waals surface area (Å²) in [6.45, 7) is 0.953. The molecule has 0 bridgehead atoms. The lowest BCUT2D eigenvalue weighted by Crippen LogP contribution is -2.38. The average Bonchev–Trinajstić information content (AvgIpc) is 3.16. The maximum Gasteiger partial charge on any atom is 0.407 e. The van der Waals surface area contributed by atoms with Crippen LogP contribution in [0, 0.1) is 5.41 Å². The number of amides is 1. The van der Waals surface area contributed by atoms with Gasteiger partial charge in [-0.2, -0.15) is 12.6 Å². The van der Waals surface area contributed by atoms with Gasteiger partial charge in [0.2, 0.25) is 0 Å². The summed E-state index contributed by atoms with van der Waals surface area (Å²) in [5.74, 6) is -0.185. The van der Waals surface area contributed by atoms with Crippen LogP contribution < -0.4 is 5.32 Å². The number of carbonyl (C=O) groups excluding carboxylic acids is 2. The third-order valence-electron chi connectivity index (χ3n) is 5.64. The number of carbonyl (C=O) groups is 2. The molecule has 6 heteroatoms. The Morgan fingerprint density at radius 3 is 2.13 bits per heavy atom. The molecule has 0 spiro atoms. The molecule has 0 radical (unpaired) electrons. The molecule has 1 fully saturated rings. The van der Waals surface area contributed by atoms with E-state index in [-0.39, 0.29) is 24.4 Å². The fourth-order valence-electron chi connectivity index (χ4n) is 3.92. The highest BCUT2D eigenvalue weighted by molar-refractivity contribution is 7.81. The van der Waals surface area contributed by atoms with E-state index in [0.717, 1.165) is 30.4 Å². The molecule has 2 aromatic rings. The van der Waals surface area contributed by atoms with E-state index >= 15 is 0 Å². The van der Waals surface area contributed by atoms with Crippen molar-refractivity contribution in [3.05, 3.63) is 71.8 Å². The molecule has 1 aliphatic rings. The summed E-state index contributed by atoms with van der Waals surface area (Å²) in [5, 5.41) is 2.75. The Kier molecular flexibility index (Phi) is 8.20. The van der Waals surface area contributed by atoms with E-state index in [1.807, 2.05) is 60.7 Å². The zero-order valence-corrected chi connectivity index (χ0v) is 18.0. The molecule has 1 amide bonds. The lowest BCUT2D eigenvalue weighted by atomic mass is 9.81. The van der Waals surface area contributed by atoms with Crippen LogP contribution in [0.15, 0.2) is 60.7 Å². The van der Waals surface area contributed by atoms with Gasteiger partial charge in [-0.15, -0.1) is 0 Å². The lowest BCUT2D eigenvalue weighted by molar-refractivity contribution is -0.157. The van der Waals surface area contributed by atoms with Crippen molar-refractivity contribution in [3.63, 3.8) is 0 Å². The fourth-order valence-corrected chi connectivity index (χ4v) is 4.47. The monoisotopic (exact) mass is 427 g/mol. The van der Waals surface area contributed by atoms with Crippen molar-refractivity contribution in [2.24, 2.45) is 5.41 Å². The van der Waals surface area contributed by atoms with E-state index in [2.05, 4.69) is 5.32 Å². The zero-order valence-electron chi connectivity index (χ0n) is 17.1. The van der Waals surface area contributed by atoms with E-state index in [0.29, 0.717) is 19.4 Å². The third-order valence-corrected chi connectivity index (χ3v) is 6.39. The molecule has 160 valence electrons. The standard InChI is InChI=1S/C24H29NO4S/c26-22(28-17-19-9-3-1-4-10-19)24(14-7-13-21(24)30)15-8-16-25-23(27)29-18-20-11-5-2-6-12-20/h1-6,9-12,21,30H,7-8,13-18H2,(H,25,27). The van der Waals surface area contributed by atoms with Gasteiger partial charge in [0, 0.05) is 11.8 Å². The Balaban J connectivity index is 1.44. The highest BCUT2D eigenvalue weighted by Crippen LogP contribution is 2.46. The molecule has 0 saturated heterocycles. The van der Waals surface area contributed by atoms with Gasteiger partial charge in [0.05, 0.1) is 5.41 Å². The number of hydrogen-bond donors (Lipinski definition) is 2. The number of esters is 1. The van der Waals surface area contributed by atoms with Crippen molar-refractivity contribution in [3.8, 4) is 0 Å². The van der Waals surface area contributed by atoms with Gasteiger partial charge < -0.3 is 14.8 Å². The molecule has 1 aliphatic carbocycles. The van der Waals surface area contributed by atoms with Crippen LogP contribution in [0.25, 0.3) is 0 Å². The Hall–Kier alpha value is -2.47. The number of benzene rings is 2. The normalized spacial score (nSPS) is 20.5. The van der Waals surface area contributed by atoms with Crippen LogP contribution in [-0.2, 0) is 27.5 Å². The molecule has 1 saturated carbocycles. The van der Waals surface area contributed by atoms with Crippen LogP contribution in [0.3, 0.4) is 0 Å². The lowest BCUT2D eigenvalue weighted by Gasteiger charge is -2.31. The number of nitrogens with one attached hydrogen (secondary N) is 1. The van der Waals surface area contributed by atoms with Crippen molar-refractivity contribution >= 4 is 24.7 Å². The van der Waals surface area contributed by atoms with Crippen LogP contribution in [0.2, 0.25) is 0 Å². The molecule has 3 rings (SSSR count). The van der Waals surface area contributed by atoms with Crippen LogP contribution in [0.5, 0.6) is 0 Å². The summed E-state index contributed by atoms with van der Waals surface area (Å²) in [4.78, 5) is 24.9. The first-order valence-electron chi connectivity index (χ1n) is 10.4. The molecule has 0 aromatic heterocycles. The van der Waals surface area contributed by atoms with E-state index in [4.69, 9.17) is 22.1 Å². The number of ether oxygens (including phenoxy) is 2. The molecule has 30 heavy (non-hydrogen) atoms. The SMILES string of the molecule is O=C(NCCCC1(C(=O)OCc2ccccc2)CCCC1S)OCc1ccccc1. The van der Waals surface area contributed by atoms with Gasteiger partial charge >= 0.3 is 12.1 Å². The minimum absolute atomic E-state index is 0.0224. The van der Waals surface area contributed by atoms with Gasteiger partial charge in [0.25, 0.3) is 0 Å². The highest BCUT2D eigenvalue weighted by Gasteiger charge is 2.48. The molecule has 2 unspecified atom stereocenters. The van der Waals surface area contributed by atoms with Gasteiger partial charge in [-0.1, -0.05) is 67.1 Å². The Labute approximate surface area is 183 Å². The average molecular weight is 428 g/mol. The first kappa shape index (κ1) is 22.2. The first-order chi connectivity index (χ1) is 14.6. The maximum absolute atomic E-state index is 13.0. The second-order valence-corrected chi connectivity index (χ2v) is 8.34. The third kappa shape index (κ3) is 6.02. The van der Waals surface area contributed by atoms with E-state index in [1.165, 1.54) is 0 Å². The van der Waals surface area contributed by atoms with Gasteiger partial charge in [-0.3, -0.25) is 4.79 Å². The van der Waals surface area contributed by atoms with E-state index in [9.17, 15) is 9.59 Å². The number of rotatable bonds is 9. The zero-order chi connectivity index (χ0) is 21.2. The Bertz CT molecular complexity index is 814. The molecular weight excluding hydrogens is 398 g/mol. The Morgan fingerprint density at radius 2 is 1.57 bits per heavy atom. The fraction of sp³-hybridized carbons (Fsp3) is 0.417. The predicted octanol–water partition coefficient (Wildman–Crippen LogP) is 4.91. The summed E-state index contributed by atoms with van der Waals surface area (Å²) in [7, 11) is 0. The van der Waals surface area contributed by atoms with Gasteiger partial charge in [0.15, 0.2) is 0 Å². The van der Waals surface area contributed by atoms with Crippen LogP contribution in [0.1, 0.15) is 43.2 Å². The van der Waals surface area contributed by atoms with Crippen molar-refractivity contribution in [2.45, 2.75) is 50.6 Å². The summed E-state index contributed by atoms with van der Waals surface area (Å²) in [6.07, 6.45) is 3.48. The minimum Gasteiger partial charge on any atom is -0.460 e.